The zero-order valence-electron chi connectivity index (χ0n) is 40.6. The molecule has 4 aromatic rings. The Morgan fingerprint density at radius 1 is 0.524 bits per heavy atom. The molecule has 3 aliphatic rings. The molecule has 1 aliphatic carbocycles. The second-order valence-electron chi connectivity index (χ2n) is 21.9. The molecule has 63 heavy (non-hydrogen) atoms. The van der Waals surface area contributed by atoms with Crippen molar-refractivity contribution in [3.63, 3.8) is 0 Å². The van der Waals surface area contributed by atoms with E-state index in [2.05, 4.69) is 168 Å². The molecule has 2 saturated heterocycles. The first-order chi connectivity index (χ1) is 29.1. The average molecular weight is 902 g/mol. The van der Waals surface area contributed by atoms with Crippen LogP contribution < -0.4 is 0 Å². The maximum atomic E-state index is 11.2. The molecule has 345 valence electrons. The summed E-state index contributed by atoms with van der Waals surface area (Å²) < 4.78 is 10.3. The van der Waals surface area contributed by atoms with Crippen molar-refractivity contribution in [2.24, 2.45) is 9.98 Å². The van der Waals surface area contributed by atoms with Crippen LogP contribution in [0.4, 0.5) is 0 Å². The predicted octanol–water partition coefficient (Wildman–Crippen LogP) is 13.2. The van der Waals surface area contributed by atoms with E-state index in [1.165, 1.54) is 35.1 Å². The summed E-state index contributed by atoms with van der Waals surface area (Å²) in [6.45, 7) is 28.0. The van der Waals surface area contributed by atoms with Crippen LogP contribution in [0.25, 0.3) is 0 Å². The third-order valence-electron chi connectivity index (χ3n) is 12.1. The molecule has 2 heterocycles. The largest absolute Gasteiger partial charge is 0.507 e. The van der Waals surface area contributed by atoms with Gasteiger partial charge >= 0.3 is 0 Å². The van der Waals surface area contributed by atoms with E-state index in [-0.39, 0.29) is 50.5 Å². The number of rotatable bonds is 10. The molecule has 4 atom stereocenters. The molecular weight excluding hydrogens is 824 g/mol. The molecule has 0 bridgehead atoms. The number of aryl methyl sites for hydroxylation is 2. The summed E-state index contributed by atoms with van der Waals surface area (Å²) in [7, 11) is 0. The number of ether oxygens (including phenoxy) is 2. The van der Waals surface area contributed by atoms with E-state index in [0.29, 0.717) is 23.7 Å². The fourth-order valence-electron chi connectivity index (χ4n) is 7.73. The molecule has 2 aliphatic heterocycles. The number of aliphatic imine (C=N–C) groups is 2. The summed E-state index contributed by atoms with van der Waals surface area (Å²) in [6.07, 6.45) is 13.7. The Morgan fingerprint density at radius 3 is 1.14 bits per heavy atom. The SMILES string of the molecule is CC(C)(C)c1cc(C=N[C@H]2CCCC[C@@H]2N=Cc2cc(C(C)(C)C)cc(C(C)(C)C)c2O)c(O)c(C(C)(C)C)c1.[Co].c1ccc(CCC2CO2)cc1.c1ccc(CC[C@H]2CO2)cc1. The Bertz CT molecular complexity index is 1930. The predicted molar refractivity (Wildman–Crippen MR) is 261 cm³/mol. The van der Waals surface area contributed by atoms with Crippen molar-refractivity contribution in [1.29, 1.82) is 0 Å². The first-order valence-electron chi connectivity index (χ1n) is 23.2. The van der Waals surface area contributed by atoms with Crippen LogP contribution in [0, 0.1) is 0 Å². The topological polar surface area (TPSA) is 90.2 Å². The van der Waals surface area contributed by atoms with Crippen LogP contribution in [0.5, 0.6) is 11.5 Å². The summed E-state index contributed by atoms with van der Waals surface area (Å²) >= 11 is 0. The van der Waals surface area contributed by atoms with Gasteiger partial charge in [0, 0.05) is 51.5 Å². The molecular formula is C56H78CoN2O4. The minimum Gasteiger partial charge on any atom is -0.507 e. The van der Waals surface area contributed by atoms with Gasteiger partial charge in [0.25, 0.3) is 0 Å². The quantitative estimate of drug-likeness (QED) is 0.123. The van der Waals surface area contributed by atoms with Crippen LogP contribution in [0.2, 0.25) is 0 Å². The van der Waals surface area contributed by atoms with Gasteiger partial charge in [0.15, 0.2) is 0 Å². The fraction of sp³-hybridized carbons (Fsp3) is 0.536. The molecule has 6 nitrogen and oxygen atoms in total. The molecule has 0 spiro atoms. The number of phenols is 2. The van der Waals surface area contributed by atoms with Crippen LogP contribution in [0.1, 0.15) is 166 Å². The van der Waals surface area contributed by atoms with Gasteiger partial charge in [-0.25, -0.2) is 0 Å². The molecule has 7 rings (SSSR count). The second-order valence-corrected chi connectivity index (χ2v) is 21.9. The van der Waals surface area contributed by atoms with Crippen molar-refractivity contribution in [1.82, 2.24) is 0 Å². The number of hydrogen-bond acceptors (Lipinski definition) is 6. The monoisotopic (exact) mass is 902 g/mol. The van der Waals surface area contributed by atoms with Gasteiger partial charge in [0.05, 0.1) is 37.5 Å². The van der Waals surface area contributed by atoms with Gasteiger partial charge in [-0.2, -0.15) is 0 Å². The summed E-state index contributed by atoms with van der Waals surface area (Å²) in [4.78, 5) is 10.1. The van der Waals surface area contributed by atoms with E-state index >= 15 is 0 Å². The molecule has 0 amide bonds. The van der Waals surface area contributed by atoms with Crippen LogP contribution in [-0.4, -0.2) is 60.1 Å². The number of hydrogen-bond donors (Lipinski definition) is 2. The summed E-state index contributed by atoms with van der Waals surface area (Å²) in [5.74, 6) is 0.637. The van der Waals surface area contributed by atoms with Gasteiger partial charge < -0.3 is 19.7 Å². The third kappa shape index (κ3) is 16.6. The smallest absolute Gasteiger partial charge is 0.128 e. The minimum absolute atomic E-state index is 0. The summed E-state index contributed by atoms with van der Waals surface area (Å²) in [5.41, 5.74) is 8.23. The Labute approximate surface area is 391 Å². The first kappa shape index (κ1) is 51.9. The molecule has 3 fully saturated rings. The number of benzene rings is 4. The van der Waals surface area contributed by atoms with Gasteiger partial charge in [-0.3, -0.25) is 9.98 Å². The van der Waals surface area contributed by atoms with Crippen molar-refractivity contribution in [2.45, 2.75) is 180 Å². The Morgan fingerprint density at radius 2 is 0.857 bits per heavy atom. The van der Waals surface area contributed by atoms with E-state index in [4.69, 9.17) is 19.5 Å². The molecule has 1 unspecified atom stereocenters. The normalized spacial score (nSPS) is 20.0. The number of phenolic OH excluding ortho intramolecular Hbond substituents is 2. The standard InChI is InChI=1S/C36H54N2O2.2C10H12O.Co/c1-33(2,3)25-17-23(31(39)27(19-25)35(7,8)9)21-37-29-15-13-14-16-30(29)38-22-24-18-26(34(4,5)6)20-28(32(24)40)36(10,11)12;2*1-2-4-9(5-3-1)6-7-10-8-11-10;/h17-22,29-30,39-40H,13-16H2,1-12H3;2*1-5,10H,6-8H2;/t29-,30-;10-;;/m00../s1. The number of epoxide rings is 2. The summed E-state index contributed by atoms with van der Waals surface area (Å²) in [6, 6.07) is 29.7. The van der Waals surface area contributed by atoms with Crippen LogP contribution in [0.3, 0.4) is 0 Å². The number of aromatic hydroxyl groups is 2. The summed E-state index contributed by atoms with van der Waals surface area (Å²) in [5, 5.41) is 22.5. The van der Waals surface area contributed by atoms with Crippen molar-refractivity contribution in [2.75, 3.05) is 13.2 Å². The van der Waals surface area contributed by atoms with Gasteiger partial charge in [-0.05, 0) is 94.6 Å². The minimum atomic E-state index is -0.179. The third-order valence-corrected chi connectivity index (χ3v) is 12.1. The van der Waals surface area contributed by atoms with Crippen LogP contribution >= 0.6 is 0 Å². The van der Waals surface area contributed by atoms with Crippen molar-refractivity contribution < 1.29 is 36.5 Å². The van der Waals surface area contributed by atoms with Crippen LogP contribution in [-0.2, 0) is 60.8 Å². The Kier molecular flexibility index (Phi) is 18.5. The number of nitrogens with zero attached hydrogens (tertiary/aromatic N) is 2. The zero-order valence-corrected chi connectivity index (χ0v) is 41.6. The Balaban J connectivity index is 0.000000302. The zero-order chi connectivity index (χ0) is 45.3. The molecule has 2 N–H and O–H groups in total. The second kappa shape index (κ2) is 22.4. The van der Waals surface area contributed by atoms with E-state index in [0.717, 1.165) is 74.0 Å². The maximum absolute atomic E-state index is 11.2. The molecule has 1 saturated carbocycles. The van der Waals surface area contributed by atoms with Gasteiger partial charge in [0.1, 0.15) is 11.5 Å². The Hall–Kier alpha value is -3.75. The van der Waals surface area contributed by atoms with E-state index in [1.54, 1.807) is 0 Å². The van der Waals surface area contributed by atoms with Gasteiger partial charge in [0.2, 0.25) is 0 Å². The van der Waals surface area contributed by atoms with Gasteiger partial charge in [-0.1, -0.05) is 169 Å². The van der Waals surface area contributed by atoms with E-state index in [9.17, 15) is 10.2 Å². The molecule has 1 radical (unpaired) electrons. The van der Waals surface area contributed by atoms with Crippen molar-refractivity contribution in [3.05, 3.63) is 129 Å². The van der Waals surface area contributed by atoms with E-state index in [1.807, 2.05) is 12.4 Å². The van der Waals surface area contributed by atoms with Crippen LogP contribution in [0.15, 0.2) is 94.9 Å². The molecule has 4 aromatic carbocycles. The van der Waals surface area contributed by atoms with Crippen molar-refractivity contribution >= 4 is 12.4 Å². The maximum Gasteiger partial charge on any atom is 0.128 e. The van der Waals surface area contributed by atoms with E-state index < -0.39 is 0 Å². The molecule has 7 heteroatoms. The molecule has 0 aromatic heterocycles. The first-order valence-corrected chi connectivity index (χ1v) is 23.2. The average Bonchev–Trinajstić information content (AvgIpc) is 4.15. The van der Waals surface area contributed by atoms with Gasteiger partial charge in [-0.15, -0.1) is 0 Å². The van der Waals surface area contributed by atoms with Crippen molar-refractivity contribution in [3.8, 4) is 11.5 Å². The fourth-order valence-corrected chi connectivity index (χ4v) is 7.73.